The fourth-order valence-electron chi connectivity index (χ4n) is 2.72. The van der Waals surface area contributed by atoms with Gasteiger partial charge in [0, 0.05) is 22.3 Å². The zero-order chi connectivity index (χ0) is 18.6. The lowest BCUT2D eigenvalue weighted by molar-refractivity contribution is 0.102. The van der Waals surface area contributed by atoms with Gasteiger partial charge in [0.2, 0.25) is 0 Å². The highest BCUT2D eigenvalue weighted by Crippen LogP contribution is 2.29. The number of hydrogen-bond donors (Lipinski definition) is 1. The Kier molecular flexibility index (Phi) is 5.18. The van der Waals surface area contributed by atoms with Gasteiger partial charge in [0.1, 0.15) is 15.4 Å². The van der Waals surface area contributed by atoms with Crippen molar-refractivity contribution < 1.29 is 4.79 Å². The van der Waals surface area contributed by atoms with Crippen molar-refractivity contribution in [3.8, 4) is 10.6 Å². The standard InChI is InChI=1S/C21H17N3OS2/c1-2-26-18-8-4-3-6-16(18)19(25)23-15-11-9-14(10-12-15)20-24-17-7-5-13-22-21(17)27-20/h3-13H,2H2,1H3,(H,23,25). The number of rotatable bonds is 5. The Balaban J connectivity index is 1.53. The van der Waals surface area contributed by atoms with Crippen molar-refractivity contribution in [2.24, 2.45) is 0 Å². The molecule has 4 rings (SSSR count). The molecular weight excluding hydrogens is 374 g/mol. The predicted molar refractivity (Wildman–Crippen MR) is 114 cm³/mol. The number of hydrogen-bond acceptors (Lipinski definition) is 5. The maximum Gasteiger partial charge on any atom is 0.256 e. The third-order valence-corrected chi connectivity index (χ3v) is 5.97. The number of thiazole rings is 1. The van der Waals surface area contributed by atoms with Gasteiger partial charge in [0.05, 0.1) is 5.56 Å². The zero-order valence-corrected chi connectivity index (χ0v) is 16.3. The van der Waals surface area contributed by atoms with Crippen LogP contribution in [0.15, 0.2) is 71.8 Å². The van der Waals surface area contributed by atoms with Crippen molar-refractivity contribution in [1.29, 1.82) is 0 Å². The first-order valence-electron chi connectivity index (χ1n) is 8.60. The fourth-order valence-corrected chi connectivity index (χ4v) is 4.44. The fraction of sp³-hybridized carbons (Fsp3) is 0.0952. The van der Waals surface area contributed by atoms with Crippen molar-refractivity contribution in [2.45, 2.75) is 11.8 Å². The molecule has 0 aliphatic rings. The van der Waals surface area contributed by atoms with Crippen LogP contribution in [-0.4, -0.2) is 21.6 Å². The molecule has 1 N–H and O–H groups in total. The van der Waals surface area contributed by atoms with Gasteiger partial charge < -0.3 is 5.32 Å². The van der Waals surface area contributed by atoms with E-state index >= 15 is 0 Å². The summed E-state index contributed by atoms with van der Waals surface area (Å²) in [6, 6.07) is 19.3. The first-order chi connectivity index (χ1) is 13.2. The number of nitrogens with one attached hydrogen (secondary N) is 1. The molecule has 4 aromatic rings. The lowest BCUT2D eigenvalue weighted by Crippen LogP contribution is -2.12. The molecule has 2 aromatic carbocycles. The number of anilines is 1. The first kappa shape index (κ1) is 17.7. The third kappa shape index (κ3) is 3.86. The van der Waals surface area contributed by atoms with Crippen LogP contribution in [-0.2, 0) is 0 Å². The van der Waals surface area contributed by atoms with Gasteiger partial charge in [0.25, 0.3) is 5.91 Å². The summed E-state index contributed by atoms with van der Waals surface area (Å²) in [5, 5.41) is 3.90. The molecule has 0 atom stereocenters. The molecule has 0 spiro atoms. The average molecular weight is 392 g/mol. The van der Waals surface area contributed by atoms with Crippen molar-refractivity contribution in [2.75, 3.05) is 11.1 Å². The SMILES string of the molecule is CCSc1ccccc1C(=O)Nc1ccc(-c2nc3cccnc3s2)cc1. The quantitative estimate of drug-likeness (QED) is 0.442. The summed E-state index contributed by atoms with van der Waals surface area (Å²) in [7, 11) is 0. The van der Waals surface area contributed by atoms with Gasteiger partial charge in [-0.05, 0) is 54.3 Å². The van der Waals surface area contributed by atoms with Crippen LogP contribution in [0, 0.1) is 0 Å². The van der Waals surface area contributed by atoms with E-state index in [-0.39, 0.29) is 5.91 Å². The molecule has 1 amide bonds. The third-order valence-electron chi connectivity index (χ3n) is 3.99. The summed E-state index contributed by atoms with van der Waals surface area (Å²) >= 11 is 3.23. The smallest absolute Gasteiger partial charge is 0.256 e. The number of carbonyl (C=O) groups is 1. The molecule has 2 aromatic heterocycles. The Bertz CT molecular complexity index is 1060. The minimum Gasteiger partial charge on any atom is -0.322 e. The van der Waals surface area contributed by atoms with Crippen LogP contribution >= 0.6 is 23.1 Å². The van der Waals surface area contributed by atoms with Crippen LogP contribution in [0.1, 0.15) is 17.3 Å². The van der Waals surface area contributed by atoms with Crippen LogP contribution in [0.25, 0.3) is 20.9 Å². The number of aromatic nitrogens is 2. The van der Waals surface area contributed by atoms with Crippen LogP contribution in [0.4, 0.5) is 5.69 Å². The predicted octanol–water partition coefficient (Wildman–Crippen LogP) is 5.72. The molecule has 6 heteroatoms. The number of benzene rings is 2. The number of carbonyl (C=O) groups excluding carboxylic acids is 1. The molecule has 4 nitrogen and oxygen atoms in total. The number of amides is 1. The molecule has 27 heavy (non-hydrogen) atoms. The lowest BCUT2D eigenvalue weighted by atomic mass is 10.2. The summed E-state index contributed by atoms with van der Waals surface area (Å²) in [6.45, 7) is 2.08. The molecule has 0 saturated carbocycles. The van der Waals surface area contributed by atoms with Crippen molar-refractivity contribution in [3.63, 3.8) is 0 Å². The summed E-state index contributed by atoms with van der Waals surface area (Å²) < 4.78 is 0. The summed E-state index contributed by atoms with van der Waals surface area (Å²) in [5.74, 6) is 0.833. The second-order valence-corrected chi connectivity index (χ2v) is 8.09. The molecule has 0 radical (unpaired) electrons. The van der Waals surface area contributed by atoms with Gasteiger partial charge in [-0.3, -0.25) is 4.79 Å². The highest BCUT2D eigenvalue weighted by Gasteiger charge is 2.12. The molecule has 2 heterocycles. The highest BCUT2D eigenvalue weighted by molar-refractivity contribution is 7.99. The van der Waals surface area contributed by atoms with Crippen LogP contribution < -0.4 is 5.32 Å². The van der Waals surface area contributed by atoms with Gasteiger partial charge in [-0.2, -0.15) is 0 Å². The van der Waals surface area contributed by atoms with E-state index in [9.17, 15) is 4.79 Å². The van der Waals surface area contributed by atoms with E-state index in [0.717, 1.165) is 37.3 Å². The monoisotopic (exact) mass is 391 g/mol. The largest absolute Gasteiger partial charge is 0.322 e. The number of pyridine rings is 1. The normalized spacial score (nSPS) is 10.9. The van der Waals surface area contributed by atoms with Crippen molar-refractivity contribution >= 4 is 45.0 Å². The second kappa shape index (κ2) is 7.90. The molecule has 0 bridgehead atoms. The molecule has 0 aliphatic carbocycles. The minimum absolute atomic E-state index is 0.0940. The van der Waals surface area contributed by atoms with E-state index in [1.165, 1.54) is 0 Å². The molecule has 134 valence electrons. The van der Waals surface area contributed by atoms with E-state index in [0.29, 0.717) is 5.56 Å². The topological polar surface area (TPSA) is 54.9 Å². The van der Waals surface area contributed by atoms with E-state index in [1.807, 2.05) is 60.7 Å². The Hall–Kier alpha value is -2.70. The minimum atomic E-state index is -0.0940. The highest BCUT2D eigenvalue weighted by atomic mass is 32.2. The summed E-state index contributed by atoms with van der Waals surface area (Å²) in [5.41, 5.74) is 3.38. The van der Waals surface area contributed by atoms with Crippen LogP contribution in [0.2, 0.25) is 0 Å². The van der Waals surface area contributed by atoms with Crippen LogP contribution in [0.5, 0.6) is 0 Å². The Labute approximate surface area is 165 Å². The Morgan fingerprint density at radius 2 is 1.89 bits per heavy atom. The molecule has 0 saturated heterocycles. The first-order valence-corrected chi connectivity index (χ1v) is 10.4. The number of fused-ring (bicyclic) bond motifs is 1. The Morgan fingerprint density at radius 1 is 1.07 bits per heavy atom. The molecular formula is C21H17N3OS2. The lowest BCUT2D eigenvalue weighted by Gasteiger charge is -2.09. The zero-order valence-electron chi connectivity index (χ0n) is 14.7. The van der Waals surface area contributed by atoms with Crippen LogP contribution in [0.3, 0.4) is 0 Å². The van der Waals surface area contributed by atoms with E-state index in [1.54, 1.807) is 29.3 Å². The van der Waals surface area contributed by atoms with Gasteiger partial charge in [-0.25, -0.2) is 9.97 Å². The van der Waals surface area contributed by atoms with Gasteiger partial charge in [0.15, 0.2) is 0 Å². The summed E-state index contributed by atoms with van der Waals surface area (Å²) in [6.07, 6.45) is 1.78. The molecule has 0 aliphatic heterocycles. The van der Waals surface area contributed by atoms with Gasteiger partial charge in [-0.1, -0.05) is 30.4 Å². The van der Waals surface area contributed by atoms with E-state index in [4.69, 9.17) is 0 Å². The number of thioether (sulfide) groups is 1. The maximum atomic E-state index is 12.6. The number of nitrogens with zero attached hydrogens (tertiary/aromatic N) is 2. The van der Waals surface area contributed by atoms with Gasteiger partial charge in [-0.15, -0.1) is 11.8 Å². The average Bonchev–Trinajstić information content (AvgIpc) is 3.13. The molecule has 0 fully saturated rings. The van der Waals surface area contributed by atoms with Crippen molar-refractivity contribution in [1.82, 2.24) is 9.97 Å². The van der Waals surface area contributed by atoms with E-state index in [2.05, 4.69) is 22.2 Å². The van der Waals surface area contributed by atoms with E-state index < -0.39 is 0 Å². The molecule has 0 unspecified atom stereocenters. The van der Waals surface area contributed by atoms with Gasteiger partial charge >= 0.3 is 0 Å². The Morgan fingerprint density at radius 3 is 2.67 bits per heavy atom. The maximum absolute atomic E-state index is 12.6. The second-order valence-electron chi connectivity index (χ2n) is 5.81. The van der Waals surface area contributed by atoms with Crippen molar-refractivity contribution in [3.05, 3.63) is 72.4 Å². The summed E-state index contributed by atoms with van der Waals surface area (Å²) in [4.78, 5) is 23.5.